The molecule has 2 atom stereocenters. The van der Waals surface area contributed by atoms with Crippen LogP contribution in [0.5, 0.6) is 0 Å². The van der Waals surface area contributed by atoms with Crippen LogP contribution in [0.1, 0.15) is 46.1 Å². The summed E-state index contributed by atoms with van der Waals surface area (Å²) in [5.74, 6) is 0. The van der Waals surface area contributed by atoms with Crippen molar-refractivity contribution in [2.45, 2.75) is 53.0 Å². The second-order valence-corrected chi connectivity index (χ2v) is 6.65. The Kier molecular flexibility index (Phi) is 5.09. The van der Waals surface area contributed by atoms with Gasteiger partial charge < -0.3 is 10.2 Å². The van der Waals surface area contributed by atoms with Crippen molar-refractivity contribution in [1.29, 1.82) is 0 Å². The van der Waals surface area contributed by atoms with Gasteiger partial charge in [0, 0.05) is 24.8 Å². The lowest BCUT2D eigenvalue weighted by Gasteiger charge is -2.37. The van der Waals surface area contributed by atoms with Gasteiger partial charge in [0.1, 0.15) is 0 Å². The Morgan fingerprint density at radius 3 is 2.75 bits per heavy atom. The molecule has 2 rings (SSSR count). The monoisotopic (exact) mass is 274 g/mol. The molecule has 0 saturated carbocycles. The van der Waals surface area contributed by atoms with Crippen molar-refractivity contribution in [3.05, 3.63) is 29.8 Å². The van der Waals surface area contributed by atoms with E-state index in [4.69, 9.17) is 0 Å². The van der Waals surface area contributed by atoms with Crippen LogP contribution < -0.4 is 10.2 Å². The Labute approximate surface area is 124 Å². The summed E-state index contributed by atoms with van der Waals surface area (Å²) in [4.78, 5) is 2.62. The van der Waals surface area contributed by atoms with Crippen LogP contribution >= 0.6 is 0 Å². The van der Waals surface area contributed by atoms with Gasteiger partial charge in [0.05, 0.1) is 0 Å². The Morgan fingerprint density at radius 1 is 1.30 bits per heavy atom. The van der Waals surface area contributed by atoms with Gasteiger partial charge in [-0.25, -0.2) is 0 Å². The molecule has 1 aliphatic rings. The second-order valence-electron chi connectivity index (χ2n) is 6.65. The standard InChI is InChI=1S/C18H30N2/c1-5-11-19-13-18(4,6-2)14-20-15(3)12-16-9-7-8-10-17(16)20/h7-10,15,19H,5-6,11-14H2,1-4H3. The smallest absolute Gasteiger partial charge is 0.0402 e. The van der Waals surface area contributed by atoms with Crippen LogP contribution in [0.4, 0.5) is 5.69 Å². The number of anilines is 1. The van der Waals surface area contributed by atoms with Gasteiger partial charge in [-0.2, -0.15) is 0 Å². The van der Waals surface area contributed by atoms with Crippen molar-refractivity contribution >= 4 is 5.69 Å². The van der Waals surface area contributed by atoms with Gasteiger partial charge in [0.15, 0.2) is 0 Å². The van der Waals surface area contributed by atoms with Crippen LogP contribution in [0, 0.1) is 5.41 Å². The topological polar surface area (TPSA) is 15.3 Å². The third kappa shape index (κ3) is 3.35. The van der Waals surface area contributed by atoms with E-state index >= 15 is 0 Å². The quantitative estimate of drug-likeness (QED) is 0.760. The normalized spacial score (nSPS) is 20.8. The van der Waals surface area contributed by atoms with Gasteiger partial charge in [-0.1, -0.05) is 39.0 Å². The first-order chi connectivity index (χ1) is 9.59. The molecular weight excluding hydrogens is 244 g/mol. The summed E-state index contributed by atoms with van der Waals surface area (Å²) in [6, 6.07) is 9.53. The van der Waals surface area contributed by atoms with E-state index in [1.54, 1.807) is 0 Å². The molecule has 20 heavy (non-hydrogen) atoms. The highest BCUT2D eigenvalue weighted by atomic mass is 15.2. The number of para-hydroxylation sites is 1. The molecule has 2 nitrogen and oxygen atoms in total. The molecule has 1 aromatic carbocycles. The molecule has 0 bridgehead atoms. The molecule has 0 saturated heterocycles. The molecule has 0 amide bonds. The van der Waals surface area contributed by atoms with E-state index in [9.17, 15) is 0 Å². The van der Waals surface area contributed by atoms with Crippen molar-refractivity contribution < 1.29 is 0 Å². The molecular formula is C18H30N2. The minimum absolute atomic E-state index is 0.348. The van der Waals surface area contributed by atoms with Crippen LogP contribution in [-0.2, 0) is 6.42 Å². The Morgan fingerprint density at radius 2 is 2.05 bits per heavy atom. The Bertz CT molecular complexity index is 429. The summed E-state index contributed by atoms with van der Waals surface area (Å²) >= 11 is 0. The summed E-state index contributed by atoms with van der Waals surface area (Å²) in [7, 11) is 0. The van der Waals surface area contributed by atoms with Gasteiger partial charge in [-0.15, -0.1) is 0 Å². The third-order valence-electron chi connectivity index (χ3n) is 4.73. The van der Waals surface area contributed by atoms with Crippen molar-refractivity contribution in [1.82, 2.24) is 5.32 Å². The maximum absolute atomic E-state index is 3.61. The number of nitrogens with zero attached hydrogens (tertiary/aromatic N) is 1. The number of rotatable bonds is 7. The first-order valence-corrected chi connectivity index (χ1v) is 8.15. The zero-order valence-electron chi connectivity index (χ0n) is 13.6. The van der Waals surface area contributed by atoms with E-state index < -0.39 is 0 Å². The number of benzene rings is 1. The summed E-state index contributed by atoms with van der Waals surface area (Å²) in [5.41, 5.74) is 3.32. The first kappa shape index (κ1) is 15.4. The van der Waals surface area contributed by atoms with Crippen molar-refractivity contribution in [2.75, 3.05) is 24.5 Å². The lowest BCUT2D eigenvalue weighted by Crippen LogP contribution is -2.44. The van der Waals surface area contributed by atoms with Gasteiger partial charge in [0.2, 0.25) is 0 Å². The maximum atomic E-state index is 3.61. The fourth-order valence-corrected chi connectivity index (χ4v) is 3.14. The number of nitrogens with one attached hydrogen (secondary N) is 1. The van der Waals surface area contributed by atoms with Gasteiger partial charge in [-0.3, -0.25) is 0 Å². The van der Waals surface area contributed by atoms with E-state index in [2.05, 4.69) is 62.2 Å². The predicted molar refractivity (Wildman–Crippen MR) is 88.5 cm³/mol. The first-order valence-electron chi connectivity index (χ1n) is 8.15. The van der Waals surface area contributed by atoms with Crippen molar-refractivity contribution in [3.8, 4) is 0 Å². The number of hydrogen-bond acceptors (Lipinski definition) is 2. The number of fused-ring (bicyclic) bond motifs is 1. The molecule has 1 aliphatic heterocycles. The summed E-state index contributed by atoms with van der Waals surface area (Å²) in [5, 5.41) is 3.61. The molecule has 2 heteroatoms. The SMILES string of the molecule is CCCNCC(C)(CC)CN1c2ccccc2CC1C. The Balaban J connectivity index is 2.07. The molecule has 0 spiro atoms. The molecule has 2 unspecified atom stereocenters. The average molecular weight is 274 g/mol. The fourth-order valence-electron chi connectivity index (χ4n) is 3.14. The summed E-state index contributed by atoms with van der Waals surface area (Å²) in [6.07, 6.45) is 3.62. The predicted octanol–water partition coefficient (Wildman–Crippen LogP) is 3.85. The van der Waals surface area contributed by atoms with Crippen LogP contribution in [0.15, 0.2) is 24.3 Å². The molecule has 1 aromatic rings. The van der Waals surface area contributed by atoms with Crippen LogP contribution in [0.2, 0.25) is 0 Å². The van der Waals surface area contributed by atoms with Crippen LogP contribution in [0.25, 0.3) is 0 Å². The molecule has 1 N–H and O–H groups in total. The third-order valence-corrected chi connectivity index (χ3v) is 4.73. The molecule has 0 radical (unpaired) electrons. The van der Waals surface area contributed by atoms with Gasteiger partial charge in [0.25, 0.3) is 0 Å². The lowest BCUT2D eigenvalue weighted by molar-refractivity contribution is 0.291. The van der Waals surface area contributed by atoms with Gasteiger partial charge in [-0.05, 0) is 49.8 Å². The lowest BCUT2D eigenvalue weighted by atomic mass is 9.86. The highest BCUT2D eigenvalue weighted by molar-refractivity contribution is 5.59. The molecule has 0 aromatic heterocycles. The molecule has 1 heterocycles. The Hall–Kier alpha value is -1.02. The highest BCUT2D eigenvalue weighted by Crippen LogP contribution is 2.35. The second kappa shape index (κ2) is 6.62. The molecule has 0 aliphatic carbocycles. The zero-order valence-corrected chi connectivity index (χ0v) is 13.6. The largest absolute Gasteiger partial charge is 0.368 e. The molecule has 112 valence electrons. The van der Waals surface area contributed by atoms with Crippen LogP contribution in [0.3, 0.4) is 0 Å². The van der Waals surface area contributed by atoms with E-state index in [-0.39, 0.29) is 0 Å². The fraction of sp³-hybridized carbons (Fsp3) is 0.667. The highest BCUT2D eigenvalue weighted by Gasteiger charge is 2.32. The maximum Gasteiger partial charge on any atom is 0.0402 e. The van der Waals surface area contributed by atoms with Crippen molar-refractivity contribution in [3.63, 3.8) is 0 Å². The van der Waals surface area contributed by atoms with E-state index in [1.807, 2.05) is 0 Å². The zero-order chi connectivity index (χ0) is 14.6. The average Bonchev–Trinajstić information content (AvgIpc) is 2.76. The minimum atomic E-state index is 0.348. The molecule has 0 fully saturated rings. The minimum Gasteiger partial charge on any atom is -0.368 e. The van der Waals surface area contributed by atoms with E-state index in [0.717, 1.165) is 19.6 Å². The summed E-state index contributed by atoms with van der Waals surface area (Å²) in [6.45, 7) is 12.7. The van der Waals surface area contributed by atoms with Crippen LogP contribution in [-0.4, -0.2) is 25.7 Å². The van der Waals surface area contributed by atoms with Crippen molar-refractivity contribution in [2.24, 2.45) is 5.41 Å². The summed E-state index contributed by atoms with van der Waals surface area (Å²) < 4.78 is 0. The van der Waals surface area contributed by atoms with E-state index in [0.29, 0.717) is 11.5 Å². The number of hydrogen-bond donors (Lipinski definition) is 1. The van der Waals surface area contributed by atoms with Gasteiger partial charge >= 0.3 is 0 Å². The van der Waals surface area contributed by atoms with E-state index in [1.165, 1.54) is 30.5 Å².